The fraction of sp³-hybridized carbons (Fsp3) is 0.583. The van der Waals surface area contributed by atoms with Crippen molar-refractivity contribution in [1.29, 1.82) is 0 Å². The van der Waals surface area contributed by atoms with Crippen LogP contribution in [0.15, 0.2) is 27.9 Å². The number of anilines is 1. The minimum absolute atomic E-state index is 0.0473. The van der Waals surface area contributed by atoms with Crippen molar-refractivity contribution in [3.63, 3.8) is 0 Å². The number of sulfonamides is 1. The molecule has 0 saturated carbocycles. The molecule has 1 aromatic heterocycles. The van der Waals surface area contributed by atoms with Crippen LogP contribution in [0.3, 0.4) is 0 Å². The van der Waals surface area contributed by atoms with Gasteiger partial charge in [-0.15, -0.1) is 0 Å². The standard InChI is InChI=1S/C24H37N5O5S/c1-6-15-34-21-8-7-19(35(32,33)29-11-9-28(10-12-29)13-14-30)16-20(21)23-25-18(4)22(24(31)26-23)27(5)17(2)3/h7-8,16-17,30H,6,9-15H2,1-5H3,(H,25,26,31). The first-order valence-electron chi connectivity index (χ1n) is 12.0. The van der Waals surface area contributed by atoms with Crippen LogP contribution in [0.1, 0.15) is 32.9 Å². The fourth-order valence-electron chi connectivity index (χ4n) is 4.06. The topological polar surface area (TPSA) is 119 Å². The molecule has 10 nitrogen and oxygen atoms in total. The Morgan fingerprint density at radius 2 is 1.91 bits per heavy atom. The Labute approximate surface area is 207 Å². The Bertz CT molecular complexity index is 1170. The smallest absolute Gasteiger partial charge is 0.275 e. The second-order valence-corrected chi connectivity index (χ2v) is 11.0. The number of rotatable bonds is 10. The van der Waals surface area contributed by atoms with Gasteiger partial charge in [-0.05, 0) is 45.4 Å². The van der Waals surface area contributed by atoms with Crippen molar-refractivity contribution in [3.8, 4) is 17.1 Å². The van der Waals surface area contributed by atoms with E-state index in [1.54, 1.807) is 13.0 Å². The molecule has 1 aromatic carbocycles. The van der Waals surface area contributed by atoms with E-state index in [0.29, 0.717) is 62.0 Å². The average Bonchev–Trinajstić information content (AvgIpc) is 2.82. The number of nitrogens with one attached hydrogen (secondary N) is 1. The molecule has 2 heterocycles. The predicted molar refractivity (Wildman–Crippen MR) is 137 cm³/mol. The summed E-state index contributed by atoms with van der Waals surface area (Å²) in [6, 6.07) is 4.81. The molecule has 1 aliphatic rings. The van der Waals surface area contributed by atoms with Crippen LogP contribution in [-0.4, -0.2) is 91.7 Å². The van der Waals surface area contributed by atoms with Gasteiger partial charge in [0.15, 0.2) is 0 Å². The third-order valence-corrected chi connectivity index (χ3v) is 8.14. The molecule has 1 aliphatic heterocycles. The fourth-order valence-corrected chi connectivity index (χ4v) is 5.51. The van der Waals surface area contributed by atoms with E-state index in [4.69, 9.17) is 9.84 Å². The molecule has 0 amide bonds. The van der Waals surface area contributed by atoms with Gasteiger partial charge in [0.05, 0.1) is 29.4 Å². The summed E-state index contributed by atoms with van der Waals surface area (Å²) in [7, 11) is -1.92. The maximum atomic E-state index is 13.4. The second-order valence-electron chi connectivity index (χ2n) is 9.03. The molecule has 1 saturated heterocycles. The van der Waals surface area contributed by atoms with E-state index in [2.05, 4.69) is 9.97 Å². The summed E-state index contributed by atoms with van der Waals surface area (Å²) in [4.78, 5) is 24.5. The number of aromatic nitrogens is 2. The van der Waals surface area contributed by atoms with Gasteiger partial charge in [-0.2, -0.15) is 4.31 Å². The van der Waals surface area contributed by atoms with Crippen LogP contribution in [0, 0.1) is 6.92 Å². The number of H-pyrrole nitrogens is 1. The minimum Gasteiger partial charge on any atom is -0.493 e. The first-order chi connectivity index (χ1) is 16.6. The summed E-state index contributed by atoms with van der Waals surface area (Å²) in [5.41, 5.74) is 1.16. The summed E-state index contributed by atoms with van der Waals surface area (Å²) >= 11 is 0. The number of aliphatic hydroxyl groups excluding tert-OH is 1. The SMILES string of the molecule is CCCOc1ccc(S(=O)(=O)N2CCN(CCO)CC2)cc1-c1nc(C)c(N(C)C(C)C)c(=O)[nH]1. The lowest BCUT2D eigenvalue weighted by Gasteiger charge is -2.33. The molecule has 0 atom stereocenters. The summed E-state index contributed by atoms with van der Waals surface area (Å²) in [6.45, 7) is 10.6. The molecule has 194 valence electrons. The summed E-state index contributed by atoms with van der Waals surface area (Å²) in [5, 5.41) is 9.14. The third kappa shape index (κ3) is 6.03. The second kappa shape index (κ2) is 11.5. The van der Waals surface area contributed by atoms with Crippen molar-refractivity contribution < 1.29 is 18.3 Å². The Kier molecular flexibility index (Phi) is 8.92. The molecule has 0 unspecified atom stereocenters. The number of hydrogen-bond acceptors (Lipinski definition) is 8. The molecule has 2 N–H and O–H groups in total. The predicted octanol–water partition coefficient (Wildman–Crippen LogP) is 1.68. The zero-order valence-corrected chi connectivity index (χ0v) is 22.1. The highest BCUT2D eigenvalue weighted by Gasteiger charge is 2.29. The maximum absolute atomic E-state index is 13.4. The van der Waals surface area contributed by atoms with Crippen LogP contribution < -0.4 is 15.2 Å². The number of piperazine rings is 1. The van der Waals surface area contributed by atoms with Crippen molar-refractivity contribution in [2.45, 2.75) is 45.1 Å². The molecule has 0 aliphatic carbocycles. The monoisotopic (exact) mass is 507 g/mol. The lowest BCUT2D eigenvalue weighted by molar-refractivity contribution is 0.151. The van der Waals surface area contributed by atoms with Gasteiger partial charge in [-0.3, -0.25) is 9.69 Å². The van der Waals surface area contributed by atoms with Gasteiger partial charge < -0.3 is 19.7 Å². The van der Waals surface area contributed by atoms with Crippen LogP contribution in [-0.2, 0) is 10.0 Å². The first kappa shape index (κ1) is 27.1. The minimum atomic E-state index is -3.76. The first-order valence-corrected chi connectivity index (χ1v) is 13.5. The Hall–Kier alpha value is -2.47. The number of β-amino-alcohol motifs (C(OH)–C–C–N with tert-alkyl or cyclic N) is 1. The summed E-state index contributed by atoms with van der Waals surface area (Å²) in [6.07, 6.45) is 0.776. The third-order valence-electron chi connectivity index (χ3n) is 6.25. The molecule has 2 aromatic rings. The van der Waals surface area contributed by atoms with Gasteiger partial charge >= 0.3 is 0 Å². The van der Waals surface area contributed by atoms with Crippen LogP contribution in [0.5, 0.6) is 5.75 Å². The summed E-state index contributed by atoms with van der Waals surface area (Å²) in [5.74, 6) is 0.732. The van der Waals surface area contributed by atoms with E-state index < -0.39 is 10.0 Å². The highest BCUT2D eigenvalue weighted by Crippen LogP contribution is 2.32. The quantitative estimate of drug-likeness (QED) is 0.499. The van der Waals surface area contributed by atoms with Crippen molar-refractivity contribution in [1.82, 2.24) is 19.2 Å². The Morgan fingerprint density at radius 3 is 2.49 bits per heavy atom. The largest absolute Gasteiger partial charge is 0.493 e. The molecule has 3 rings (SSSR count). The number of benzene rings is 1. The van der Waals surface area contributed by atoms with E-state index in [1.165, 1.54) is 16.4 Å². The number of nitrogens with zero attached hydrogens (tertiary/aromatic N) is 4. The average molecular weight is 508 g/mol. The zero-order valence-electron chi connectivity index (χ0n) is 21.2. The van der Waals surface area contributed by atoms with E-state index in [1.807, 2.05) is 37.6 Å². The van der Waals surface area contributed by atoms with E-state index >= 15 is 0 Å². The number of aryl methyl sites for hydroxylation is 1. The van der Waals surface area contributed by atoms with E-state index in [0.717, 1.165) is 6.42 Å². The lowest BCUT2D eigenvalue weighted by atomic mass is 10.1. The molecule has 0 radical (unpaired) electrons. The number of ether oxygens (including phenoxy) is 1. The van der Waals surface area contributed by atoms with Crippen molar-refractivity contribution >= 4 is 15.7 Å². The summed E-state index contributed by atoms with van der Waals surface area (Å²) < 4.78 is 34.2. The molecule has 35 heavy (non-hydrogen) atoms. The molecule has 0 bridgehead atoms. The normalized spacial score (nSPS) is 15.5. The number of hydrogen-bond donors (Lipinski definition) is 2. The van der Waals surface area contributed by atoms with Gasteiger partial charge in [0.1, 0.15) is 17.3 Å². The van der Waals surface area contributed by atoms with Crippen LogP contribution in [0.2, 0.25) is 0 Å². The van der Waals surface area contributed by atoms with Gasteiger partial charge in [0.25, 0.3) is 5.56 Å². The Balaban J connectivity index is 2.02. The van der Waals surface area contributed by atoms with Gasteiger partial charge in [-0.25, -0.2) is 13.4 Å². The lowest BCUT2D eigenvalue weighted by Crippen LogP contribution is -2.49. The highest BCUT2D eigenvalue weighted by molar-refractivity contribution is 7.89. The van der Waals surface area contributed by atoms with Gasteiger partial charge in [0, 0.05) is 45.8 Å². The zero-order chi connectivity index (χ0) is 25.8. The Morgan fingerprint density at radius 1 is 1.23 bits per heavy atom. The molecule has 1 fully saturated rings. The van der Waals surface area contributed by atoms with E-state index in [-0.39, 0.29) is 28.9 Å². The van der Waals surface area contributed by atoms with Crippen molar-refractivity contribution in [3.05, 3.63) is 34.2 Å². The maximum Gasteiger partial charge on any atom is 0.275 e. The highest BCUT2D eigenvalue weighted by atomic mass is 32.2. The van der Waals surface area contributed by atoms with Crippen LogP contribution >= 0.6 is 0 Å². The van der Waals surface area contributed by atoms with Crippen LogP contribution in [0.4, 0.5) is 5.69 Å². The van der Waals surface area contributed by atoms with Gasteiger partial charge in [0.2, 0.25) is 10.0 Å². The molecule has 0 spiro atoms. The molecular weight excluding hydrogens is 470 g/mol. The van der Waals surface area contributed by atoms with Crippen molar-refractivity contribution in [2.75, 3.05) is 57.9 Å². The number of aromatic amines is 1. The van der Waals surface area contributed by atoms with Crippen LogP contribution in [0.25, 0.3) is 11.4 Å². The molecule has 11 heteroatoms. The van der Waals surface area contributed by atoms with Gasteiger partial charge in [-0.1, -0.05) is 6.92 Å². The molecular formula is C24H37N5O5S. The number of aliphatic hydroxyl groups is 1. The van der Waals surface area contributed by atoms with Crippen molar-refractivity contribution in [2.24, 2.45) is 0 Å². The van der Waals surface area contributed by atoms with E-state index in [9.17, 15) is 13.2 Å².